The van der Waals surface area contributed by atoms with Gasteiger partial charge in [0.15, 0.2) is 0 Å². The number of nitrogens with one attached hydrogen (secondary N) is 2. The number of aromatic amines is 1. The second-order valence-electron chi connectivity index (χ2n) is 4.19. The van der Waals surface area contributed by atoms with E-state index in [0.717, 1.165) is 31.5 Å². The molecule has 1 rings (SSSR count). The molecule has 1 aromatic rings. The topological polar surface area (TPSA) is 83.8 Å². The number of hydrogen-bond acceptors (Lipinski definition) is 3. The molecule has 5 heteroatoms. The number of unbranched alkanes of at least 4 members (excludes halogenated alkanes) is 1. The van der Waals surface area contributed by atoms with Gasteiger partial charge in [-0.1, -0.05) is 26.7 Å². The first-order valence-corrected chi connectivity index (χ1v) is 6.24. The molecule has 0 radical (unpaired) electrons. The maximum Gasteiger partial charge on any atom is 0.237 e. The monoisotopic (exact) mass is 238 g/mol. The van der Waals surface area contributed by atoms with Crippen molar-refractivity contribution in [1.82, 2.24) is 15.3 Å². The number of nitrogens with zero attached hydrogens (tertiary/aromatic N) is 1. The Balaban J connectivity index is 2.48. The maximum atomic E-state index is 11.8. The third-order valence-corrected chi connectivity index (χ3v) is 2.78. The van der Waals surface area contributed by atoms with Crippen molar-refractivity contribution in [3.63, 3.8) is 0 Å². The molecule has 2 atom stereocenters. The van der Waals surface area contributed by atoms with Crippen LogP contribution in [0.1, 0.15) is 51.4 Å². The second kappa shape index (κ2) is 7.06. The van der Waals surface area contributed by atoms with Crippen LogP contribution in [0.2, 0.25) is 0 Å². The molecule has 1 amide bonds. The van der Waals surface area contributed by atoms with Crippen molar-refractivity contribution in [2.24, 2.45) is 5.73 Å². The minimum Gasteiger partial charge on any atom is -0.347 e. The Bertz CT molecular complexity index is 323. The van der Waals surface area contributed by atoms with Gasteiger partial charge in [-0.05, 0) is 12.8 Å². The number of imidazole rings is 1. The molecule has 1 aromatic heterocycles. The van der Waals surface area contributed by atoms with Crippen LogP contribution < -0.4 is 11.1 Å². The average molecular weight is 238 g/mol. The molecule has 0 bridgehead atoms. The number of nitrogens with two attached hydrogens (primary N) is 1. The van der Waals surface area contributed by atoms with Crippen molar-refractivity contribution in [3.8, 4) is 0 Å². The predicted molar refractivity (Wildman–Crippen MR) is 67.3 cm³/mol. The van der Waals surface area contributed by atoms with Gasteiger partial charge in [-0.15, -0.1) is 0 Å². The standard InChI is InChI=1S/C12H22N4O/c1-3-5-6-9(13)12(17)16-10(4-2)11-14-7-8-15-11/h7-10H,3-6,13H2,1-2H3,(H,14,15)(H,16,17). The summed E-state index contributed by atoms with van der Waals surface area (Å²) in [6.07, 6.45) is 6.99. The highest BCUT2D eigenvalue weighted by molar-refractivity contribution is 5.81. The van der Waals surface area contributed by atoms with E-state index in [1.165, 1.54) is 0 Å². The summed E-state index contributed by atoms with van der Waals surface area (Å²) in [5, 5.41) is 2.92. The number of aromatic nitrogens is 2. The first-order valence-electron chi connectivity index (χ1n) is 6.24. The molecule has 17 heavy (non-hydrogen) atoms. The Kier molecular flexibility index (Phi) is 5.69. The highest BCUT2D eigenvalue weighted by Crippen LogP contribution is 2.11. The molecule has 0 saturated heterocycles. The van der Waals surface area contributed by atoms with Gasteiger partial charge in [0.25, 0.3) is 0 Å². The van der Waals surface area contributed by atoms with E-state index in [4.69, 9.17) is 5.73 Å². The summed E-state index contributed by atoms with van der Waals surface area (Å²) in [6.45, 7) is 4.09. The van der Waals surface area contributed by atoms with Crippen LogP contribution in [0.3, 0.4) is 0 Å². The summed E-state index contributed by atoms with van der Waals surface area (Å²) < 4.78 is 0. The first kappa shape index (κ1) is 13.7. The highest BCUT2D eigenvalue weighted by Gasteiger charge is 2.18. The van der Waals surface area contributed by atoms with E-state index in [9.17, 15) is 4.79 Å². The van der Waals surface area contributed by atoms with Gasteiger partial charge >= 0.3 is 0 Å². The summed E-state index contributed by atoms with van der Waals surface area (Å²) >= 11 is 0. The Hall–Kier alpha value is -1.36. The molecule has 0 aromatic carbocycles. The van der Waals surface area contributed by atoms with Crippen molar-refractivity contribution in [1.29, 1.82) is 0 Å². The molecular formula is C12H22N4O. The fourth-order valence-electron chi connectivity index (χ4n) is 1.67. The molecule has 96 valence electrons. The fourth-order valence-corrected chi connectivity index (χ4v) is 1.67. The minimum absolute atomic E-state index is 0.0785. The summed E-state index contributed by atoms with van der Waals surface area (Å²) in [5.41, 5.74) is 5.82. The van der Waals surface area contributed by atoms with E-state index in [-0.39, 0.29) is 11.9 Å². The lowest BCUT2D eigenvalue weighted by atomic mass is 10.1. The Morgan fingerprint density at radius 3 is 2.88 bits per heavy atom. The van der Waals surface area contributed by atoms with Crippen molar-refractivity contribution in [3.05, 3.63) is 18.2 Å². The summed E-state index contributed by atoms with van der Waals surface area (Å²) in [6, 6.07) is -0.496. The number of carbonyl (C=O) groups is 1. The van der Waals surface area contributed by atoms with Crippen LogP contribution in [-0.2, 0) is 4.79 Å². The third kappa shape index (κ3) is 4.19. The van der Waals surface area contributed by atoms with Gasteiger partial charge in [-0.3, -0.25) is 4.79 Å². The fraction of sp³-hybridized carbons (Fsp3) is 0.667. The molecular weight excluding hydrogens is 216 g/mol. The normalized spacial score (nSPS) is 14.3. The quantitative estimate of drug-likeness (QED) is 0.673. The van der Waals surface area contributed by atoms with Crippen molar-refractivity contribution < 1.29 is 4.79 Å². The summed E-state index contributed by atoms with van der Waals surface area (Å²) in [7, 11) is 0. The van der Waals surface area contributed by atoms with Gasteiger partial charge in [-0.25, -0.2) is 4.98 Å². The molecule has 1 heterocycles. The zero-order valence-electron chi connectivity index (χ0n) is 10.6. The maximum absolute atomic E-state index is 11.8. The van der Waals surface area contributed by atoms with E-state index in [2.05, 4.69) is 22.2 Å². The Morgan fingerprint density at radius 1 is 1.59 bits per heavy atom. The zero-order chi connectivity index (χ0) is 12.7. The minimum atomic E-state index is -0.418. The molecule has 0 aliphatic heterocycles. The lowest BCUT2D eigenvalue weighted by molar-refractivity contribution is -0.123. The molecule has 2 unspecified atom stereocenters. The van der Waals surface area contributed by atoms with E-state index >= 15 is 0 Å². The van der Waals surface area contributed by atoms with Crippen LogP contribution in [0.25, 0.3) is 0 Å². The molecule has 0 spiro atoms. The molecule has 0 aliphatic rings. The summed E-state index contributed by atoms with van der Waals surface area (Å²) in [5.74, 6) is 0.685. The smallest absolute Gasteiger partial charge is 0.237 e. The van der Waals surface area contributed by atoms with Crippen molar-refractivity contribution >= 4 is 5.91 Å². The van der Waals surface area contributed by atoms with E-state index in [0.29, 0.717) is 0 Å². The van der Waals surface area contributed by atoms with Crippen LogP contribution in [0, 0.1) is 0 Å². The summed E-state index contributed by atoms with van der Waals surface area (Å²) in [4.78, 5) is 19.0. The van der Waals surface area contributed by atoms with Crippen LogP contribution >= 0.6 is 0 Å². The molecule has 5 nitrogen and oxygen atoms in total. The molecule has 0 fully saturated rings. The van der Waals surface area contributed by atoms with Crippen LogP contribution in [0.4, 0.5) is 0 Å². The molecule has 0 saturated carbocycles. The number of rotatable bonds is 7. The lowest BCUT2D eigenvalue weighted by Crippen LogP contribution is -2.42. The Morgan fingerprint density at radius 2 is 2.35 bits per heavy atom. The van der Waals surface area contributed by atoms with E-state index in [1.807, 2.05) is 6.92 Å². The van der Waals surface area contributed by atoms with Crippen molar-refractivity contribution in [2.45, 2.75) is 51.6 Å². The van der Waals surface area contributed by atoms with Gasteiger partial charge in [0.2, 0.25) is 5.91 Å². The number of amides is 1. The SMILES string of the molecule is CCCCC(N)C(=O)NC(CC)c1ncc[nH]1. The van der Waals surface area contributed by atoms with Crippen LogP contribution in [0.5, 0.6) is 0 Å². The van der Waals surface area contributed by atoms with Gasteiger partial charge in [0.05, 0.1) is 12.1 Å². The predicted octanol–water partition coefficient (Wildman–Crippen LogP) is 1.49. The van der Waals surface area contributed by atoms with Crippen LogP contribution in [0.15, 0.2) is 12.4 Å². The number of H-pyrrole nitrogens is 1. The van der Waals surface area contributed by atoms with Gasteiger partial charge in [-0.2, -0.15) is 0 Å². The molecule has 4 N–H and O–H groups in total. The van der Waals surface area contributed by atoms with E-state index < -0.39 is 6.04 Å². The van der Waals surface area contributed by atoms with Gasteiger partial charge < -0.3 is 16.0 Å². The van der Waals surface area contributed by atoms with Gasteiger partial charge in [0.1, 0.15) is 5.82 Å². The highest BCUT2D eigenvalue weighted by atomic mass is 16.2. The van der Waals surface area contributed by atoms with Gasteiger partial charge in [0, 0.05) is 12.4 Å². The average Bonchev–Trinajstić information content (AvgIpc) is 2.86. The Labute approximate surface area is 102 Å². The molecule has 0 aliphatic carbocycles. The van der Waals surface area contributed by atoms with Crippen LogP contribution in [-0.4, -0.2) is 21.9 Å². The number of hydrogen-bond donors (Lipinski definition) is 3. The lowest BCUT2D eigenvalue weighted by Gasteiger charge is -2.18. The van der Waals surface area contributed by atoms with Crippen molar-refractivity contribution in [2.75, 3.05) is 0 Å². The third-order valence-electron chi connectivity index (χ3n) is 2.78. The zero-order valence-corrected chi connectivity index (χ0v) is 10.6. The first-order chi connectivity index (χ1) is 8.19. The number of carbonyl (C=O) groups excluding carboxylic acids is 1. The van der Waals surface area contributed by atoms with E-state index in [1.54, 1.807) is 12.4 Å². The largest absolute Gasteiger partial charge is 0.347 e. The second-order valence-corrected chi connectivity index (χ2v) is 4.19.